The van der Waals surface area contributed by atoms with Crippen LogP contribution in [0.2, 0.25) is 0 Å². The molecule has 3 aromatic rings. The van der Waals surface area contributed by atoms with Crippen molar-refractivity contribution in [2.75, 3.05) is 13.1 Å². The standard InChI is InChI=1S/C24H28N4O5S/c1-15-7-10-28(11-8-15)34(30,31)21-13-20(12-16(2)17(21)3)24(29)32-18(4)23-26-22(27-33-23)19-6-5-9-25-14-19/h5-6,9,12-15,18H,7-8,10-11H2,1-4H3. The van der Waals surface area contributed by atoms with Crippen LogP contribution in [0.5, 0.6) is 0 Å². The number of hydrogen-bond acceptors (Lipinski definition) is 8. The molecule has 9 nitrogen and oxygen atoms in total. The number of hydrogen-bond donors (Lipinski definition) is 0. The molecule has 1 aliphatic heterocycles. The number of benzene rings is 1. The van der Waals surface area contributed by atoms with Crippen molar-refractivity contribution in [3.63, 3.8) is 0 Å². The zero-order valence-electron chi connectivity index (χ0n) is 19.7. The van der Waals surface area contributed by atoms with Gasteiger partial charge < -0.3 is 9.26 Å². The Kier molecular flexibility index (Phi) is 6.81. The van der Waals surface area contributed by atoms with Crippen molar-refractivity contribution in [1.82, 2.24) is 19.4 Å². The highest BCUT2D eigenvalue weighted by atomic mass is 32.2. The number of esters is 1. The van der Waals surface area contributed by atoms with Crippen LogP contribution in [0.15, 0.2) is 46.1 Å². The molecule has 0 radical (unpaired) electrons. The van der Waals surface area contributed by atoms with Crippen molar-refractivity contribution in [1.29, 1.82) is 0 Å². The molecule has 0 N–H and O–H groups in total. The van der Waals surface area contributed by atoms with Gasteiger partial charge in [0.2, 0.25) is 15.8 Å². The van der Waals surface area contributed by atoms with Gasteiger partial charge in [-0.3, -0.25) is 4.98 Å². The molecule has 4 rings (SSSR count). The lowest BCUT2D eigenvalue weighted by Gasteiger charge is -2.30. The van der Waals surface area contributed by atoms with Gasteiger partial charge in [-0.1, -0.05) is 12.1 Å². The monoisotopic (exact) mass is 484 g/mol. The first-order valence-corrected chi connectivity index (χ1v) is 12.7. The van der Waals surface area contributed by atoms with Crippen LogP contribution in [0, 0.1) is 19.8 Å². The Morgan fingerprint density at radius 2 is 1.97 bits per heavy atom. The summed E-state index contributed by atoms with van der Waals surface area (Å²) in [4.78, 5) is 21.4. The van der Waals surface area contributed by atoms with Crippen LogP contribution in [-0.2, 0) is 14.8 Å². The summed E-state index contributed by atoms with van der Waals surface area (Å²) in [5, 5.41) is 3.91. The van der Waals surface area contributed by atoms with Gasteiger partial charge in [-0.25, -0.2) is 13.2 Å². The zero-order chi connectivity index (χ0) is 24.5. The SMILES string of the molecule is Cc1cc(C(=O)OC(C)c2nc(-c3cccnc3)no2)cc(S(=O)(=O)N2CCC(C)CC2)c1C. The van der Waals surface area contributed by atoms with Crippen molar-refractivity contribution in [2.24, 2.45) is 5.92 Å². The minimum Gasteiger partial charge on any atom is -0.449 e. The predicted octanol–water partition coefficient (Wildman–Crippen LogP) is 4.09. The minimum absolute atomic E-state index is 0.131. The lowest BCUT2D eigenvalue weighted by Crippen LogP contribution is -2.38. The summed E-state index contributed by atoms with van der Waals surface area (Å²) < 4.78 is 39.0. The van der Waals surface area contributed by atoms with Crippen LogP contribution in [0.4, 0.5) is 0 Å². The Balaban J connectivity index is 1.55. The maximum Gasteiger partial charge on any atom is 0.338 e. The highest BCUT2D eigenvalue weighted by molar-refractivity contribution is 7.89. The lowest BCUT2D eigenvalue weighted by atomic mass is 10.0. The molecule has 0 saturated carbocycles. The Morgan fingerprint density at radius 3 is 2.65 bits per heavy atom. The summed E-state index contributed by atoms with van der Waals surface area (Å²) in [6.45, 7) is 8.23. The van der Waals surface area contributed by atoms with Gasteiger partial charge in [-0.05, 0) is 74.9 Å². The zero-order valence-corrected chi connectivity index (χ0v) is 20.5. The molecule has 34 heavy (non-hydrogen) atoms. The largest absolute Gasteiger partial charge is 0.449 e. The maximum absolute atomic E-state index is 13.4. The van der Waals surface area contributed by atoms with E-state index in [0.717, 1.165) is 12.8 Å². The van der Waals surface area contributed by atoms with Crippen LogP contribution in [-0.4, -0.2) is 46.9 Å². The second-order valence-electron chi connectivity index (χ2n) is 8.75. The van der Waals surface area contributed by atoms with Crippen molar-refractivity contribution in [3.8, 4) is 11.4 Å². The first kappa shape index (κ1) is 24.0. The third-order valence-corrected chi connectivity index (χ3v) is 8.23. The van der Waals surface area contributed by atoms with Gasteiger partial charge in [0.1, 0.15) is 0 Å². The van der Waals surface area contributed by atoms with E-state index in [4.69, 9.17) is 9.26 Å². The summed E-state index contributed by atoms with van der Waals surface area (Å²) in [5.74, 6) is 0.300. The minimum atomic E-state index is -3.72. The first-order valence-electron chi connectivity index (χ1n) is 11.2. The van der Waals surface area contributed by atoms with Crippen LogP contribution in [0.1, 0.15) is 60.2 Å². The van der Waals surface area contributed by atoms with Crippen LogP contribution < -0.4 is 0 Å². The maximum atomic E-state index is 13.4. The van der Waals surface area contributed by atoms with E-state index in [9.17, 15) is 13.2 Å². The fraction of sp³-hybridized carbons (Fsp3) is 0.417. The van der Waals surface area contributed by atoms with Gasteiger partial charge >= 0.3 is 5.97 Å². The molecular formula is C24H28N4O5S. The summed E-state index contributed by atoms with van der Waals surface area (Å²) in [6, 6.07) is 6.58. The highest BCUT2D eigenvalue weighted by Crippen LogP contribution is 2.29. The Labute approximate surface area is 199 Å². The molecule has 1 unspecified atom stereocenters. The summed E-state index contributed by atoms with van der Waals surface area (Å²) in [7, 11) is -3.72. The number of aromatic nitrogens is 3. The number of rotatable bonds is 6. The number of aryl methyl sites for hydroxylation is 1. The molecule has 1 saturated heterocycles. The second-order valence-corrected chi connectivity index (χ2v) is 10.7. The van der Waals surface area contributed by atoms with E-state index in [1.165, 1.54) is 10.4 Å². The molecule has 0 bridgehead atoms. The third-order valence-electron chi connectivity index (χ3n) is 6.21. The summed E-state index contributed by atoms with van der Waals surface area (Å²) in [5.41, 5.74) is 2.15. The van der Waals surface area contributed by atoms with E-state index >= 15 is 0 Å². The quantitative estimate of drug-likeness (QED) is 0.481. The highest BCUT2D eigenvalue weighted by Gasteiger charge is 2.31. The van der Waals surface area contributed by atoms with Crippen molar-refractivity contribution < 1.29 is 22.5 Å². The number of piperidine rings is 1. The van der Waals surface area contributed by atoms with Crippen LogP contribution in [0.3, 0.4) is 0 Å². The molecule has 1 atom stereocenters. The molecular weight excluding hydrogens is 456 g/mol. The van der Waals surface area contributed by atoms with Crippen molar-refractivity contribution in [2.45, 2.75) is 51.5 Å². The fourth-order valence-corrected chi connectivity index (χ4v) is 5.66. The molecule has 180 valence electrons. The molecule has 1 fully saturated rings. The topological polar surface area (TPSA) is 115 Å². The molecule has 10 heteroatoms. The van der Waals surface area contributed by atoms with Gasteiger partial charge in [-0.2, -0.15) is 9.29 Å². The summed E-state index contributed by atoms with van der Waals surface area (Å²) >= 11 is 0. The van der Waals surface area contributed by atoms with E-state index < -0.39 is 22.1 Å². The van der Waals surface area contributed by atoms with Crippen LogP contribution in [0.25, 0.3) is 11.4 Å². The number of ether oxygens (including phenoxy) is 1. The number of carbonyl (C=O) groups is 1. The molecule has 0 spiro atoms. The van der Waals surface area contributed by atoms with Gasteiger partial charge in [0.25, 0.3) is 5.89 Å². The molecule has 1 aromatic carbocycles. The van der Waals surface area contributed by atoms with Crippen molar-refractivity contribution in [3.05, 3.63) is 59.2 Å². The van der Waals surface area contributed by atoms with E-state index in [1.54, 1.807) is 51.4 Å². The van der Waals surface area contributed by atoms with E-state index in [1.807, 2.05) is 0 Å². The average Bonchev–Trinajstić information content (AvgIpc) is 3.32. The number of pyridine rings is 1. The van der Waals surface area contributed by atoms with Gasteiger partial charge in [0.15, 0.2) is 6.10 Å². The van der Waals surface area contributed by atoms with E-state index in [2.05, 4.69) is 22.0 Å². The average molecular weight is 485 g/mol. The Morgan fingerprint density at radius 1 is 1.24 bits per heavy atom. The normalized spacial score (nSPS) is 16.4. The molecule has 2 aromatic heterocycles. The molecule has 3 heterocycles. The fourth-order valence-electron chi connectivity index (χ4n) is 3.87. The number of nitrogens with zero attached hydrogens (tertiary/aromatic N) is 4. The smallest absolute Gasteiger partial charge is 0.338 e. The first-order chi connectivity index (χ1) is 16.2. The Bertz CT molecular complexity index is 1280. The Hall–Kier alpha value is -3.11. The van der Waals surface area contributed by atoms with Crippen LogP contribution >= 0.6 is 0 Å². The molecule has 0 aliphatic carbocycles. The number of carbonyl (C=O) groups excluding carboxylic acids is 1. The lowest BCUT2D eigenvalue weighted by molar-refractivity contribution is 0.0265. The van der Waals surface area contributed by atoms with E-state index in [-0.39, 0.29) is 16.3 Å². The molecule has 1 aliphatic rings. The third kappa shape index (κ3) is 4.88. The summed E-state index contributed by atoms with van der Waals surface area (Å²) in [6.07, 6.45) is 4.06. The predicted molar refractivity (Wildman–Crippen MR) is 124 cm³/mol. The van der Waals surface area contributed by atoms with Gasteiger partial charge in [-0.15, -0.1) is 0 Å². The second kappa shape index (κ2) is 9.63. The molecule has 0 amide bonds. The van der Waals surface area contributed by atoms with Gasteiger partial charge in [0, 0.05) is 31.0 Å². The van der Waals surface area contributed by atoms with Crippen molar-refractivity contribution >= 4 is 16.0 Å². The number of sulfonamides is 1. The van der Waals surface area contributed by atoms with E-state index in [0.29, 0.717) is 41.5 Å². The van der Waals surface area contributed by atoms with Gasteiger partial charge in [0.05, 0.1) is 10.5 Å².